The van der Waals surface area contributed by atoms with E-state index in [1.807, 2.05) is 30.3 Å². The van der Waals surface area contributed by atoms with Crippen molar-refractivity contribution < 1.29 is 4.79 Å². The van der Waals surface area contributed by atoms with Crippen molar-refractivity contribution >= 4 is 17.5 Å². The largest absolute Gasteiger partial charge is 0.399 e. The number of carbonyl (C=O) groups is 1. The SMILES string of the molecule is CC1CCC(C(=O)/C=C/c2ccc(N)cc2)CC1C. The fraction of sp³-hybridized carbons (Fsp3) is 0.471. The highest BCUT2D eigenvalue weighted by Gasteiger charge is 2.27. The molecule has 1 aromatic carbocycles. The van der Waals surface area contributed by atoms with Crippen molar-refractivity contribution in [2.24, 2.45) is 17.8 Å². The van der Waals surface area contributed by atoms with Gasteiger partial charge >= 0.3 is 0 Å². The van der Waals surface area contributed by atoms with E-state index in [2.05, 4.69) is 13.8 Å². The van der Waals surface area contributed by atoms with E-state index in [1.54, 1.807) is 6.08 Å². The van der Waals surface area contributed by atoms with E-state index in [0.29, 0.717) is 5.92 Å². The molecule has 0 bridgehead atoms. The summed E-state index contributed by atoms with van der Waals surface area (Å²) in [5.74, 6) is 1.91. The third kappa shape index (κ3) is 3.69. The molecule has 0 radical (unpaired) electrons. The second-order valence-corrected chi connectivity index (χ2v) is 5.87. The topological polar surface area (TPSA) is 43.1 Å². The maximum Gasteiger partial charge on any atom is 0.158 e. The van der Waals surface area contributed by atoms with Gasteiger partial charge in [0.2, 0.25) is 0 Å². The van der Waals surface area contributed by atoms with E-state index in [-0.39, 0.29) is 11.7 Å². The molecule has 1 fully saturated rings. The van der Waals surface area contributed by atoms with Crippen LogP contribution in [0.3, 0.4) is 0 Å². The molecule has 0 heterocycles. The third-order valence-corrected chi connectivity index (χ3v) is 4.38. The number of carbonyl (C=O) groups excluding carboxylic acids is 1. The van der Waals surface area contributed by atoms with Crippen LogP contribution >= 0.6 is 0 Å². The molecule has 0 aliphatic heterocycles. The van der Waals surface area contributed by atoms with Crippen LogP contribution in [-0.4, -0.2) is 5.78 Å². The predicted octanol–water partition coefficient (Wildman–Crippen LogP) is 3.92. The average molecular weight is 257 g/mol. The van der Waals surface area contributed by atoms with E-state index in [0.717, 1.165) is 30.0 Å². The Morgan fingerprint density at radius 3 is 2.47 bits per heavy atom. The fourth-order valence-corrected chi connectivity index (χ4v) is 2.73. The number of benzene rings is 1. The molecule has 19 heavy (non-hydrogen) atoms. The molecule has 3 unspecified atom stereocenters. The van der Waals surface area contributed by atoms with Crippen LogP contribution in [0.5, 0.6) is 0 Å². The lowest BCUT2D eigenvalue weighted by molar-refractivity contribution is -0.119. The Labute approximate surface area is 115 Å². The molecule has 2 heteroatoms. The molecule has 2 nitrogen and oxygen atoms in total. The number of rotatable bonds is 3. The Morgan fingerprint density at radius 1 is 1.16 bits per heavy atom. The minimum absolute atomic E-state index is 0.219. The first-order valence-electron chi connectivity index (χ1n) is 7.13. The second kappa shape index (κ2) is 6.05. The average Bonchev–Trinajstić information content (AvgIpc) is 2.41. The summed E-state index contributed by atoms with van der Waals surface area (Å²) >= 11 is 0. The zero-order chi connectivity index (χ0) is 13.8. The Hall–Kier alpha value is -1.57. The van der Waals surface area contributed by atoms with Crippen LogP contribution in [0, 0.1) is 17.8 Å². The van der Waals surface area contributed by atoms with E-state index in [4.69, 9.17) is 5.73 Å². The fourth-order valence-electron chi connectivity index (χ4n) is 2.73. The molecule has 3 atom stereocenters. The summed E-state index contributed by atoms with van der Waals surface area (Å²) < 4.78 is 0. The smallest absolute Gasteiger partial charge is 0.158 e. The lowest BCUT2D eigenvalue weighted by Gasteiger charge is -2.30. The summed E-state index contributed by atoms with van der Waals surface area (Å²) in [7, 11) is 0. The van der Waals surface area contributed by atoms with Gasteiger partial charge in [0.25, 0.3) is 0 Å². The molecule has 1 aliphatic carbocycles. The van der Waals surface area contributed by atoms with Crippen molar-refractivity contribution in [2.45, 2.75) is 33.1 Å². The molecular weight excluding hydrogens is 234 g/mol. The predicted molar refractivity (Wildman–Crippen MR) is 80.6 cm³/mol. The van der Waals surface area contributed by atoms with Gasteiger partial charge in [-0.15, -0.1) is 0 Å². The van der Waals surface area contributed by atoms with Crippen molar-refractivity contribution in [3.63, 3.8) is 0 Å². The van der Waals surface area contributed by atoms with Gasteiger partial charge < -0.3 is 5.73 Å². The molecule has 102 valence electrons. The van der Waals surface area contributed by atoms with Gasteiger partial charge in [-0.2, -0.15) is 0 Å². The van der Waals surface area contributed by atoms with Gasteiger partial charge in [0.05, 0.1) is 0 Å². The summed E-state index contributed by atoms with van der Waals surface area (Å²) in [6.07, 6.45) is 6.87. The first kappa shape index (κ1) is 13.9. The summed E-state index contributed by atoms with van der Waals surface area (Å²) in [4.78, 5) is 12.2. The van der Waals surface area contributed by atoms with Gasteiger partial charge in [-0.3, -0.25) is 4.79 Å². The van der Waals surface area contributed by atoms with E-state index in [9.17, 15) is 4.79 Å². The van der Waals surface area contributed by atoms with Gasteiger partial charge in [0.15, 0.2) is 5.78 Å². The van der Waals surface area contributed by atoms with Crippen molar-refractivity contribution in [1.29, 1.82) is 0 Å². The summed E-state index contributed by atoms with van der Waals surface area (Å²) in [5, 5.41) is 0. The standard InChI is InChI=1S/C17H23NO/c1-12-3-7-15(11-13(12)2)17(19)10-6-14-4-8-16(18)9-5-14/h4-6,8-10,12-13,15H,3,7,11,18H2,1-2H3/b10-6+. The van der Waals surface area contributed by atoms with Crippen LogP contribution in [0.1, 0.15) is 38.7 Å². The number of hydrogen-bond acceptors (Lipinski definition) is 2. The number of hydrogen-bond donors (Lipinski definition) is 1. The molecule has 1 aliphatic rings. The van der Waals surface area contributed by atoms with Crippen LogP contribution in [0.2, 0.25) is 0 Å². The minimum atomic E-state index is 0.219. The highest BCUT2D eigenvalue weighted by Crippen LogP contribution is 2.33. The molecular formula is C17H23NO. The van der Waals surface area contributed by atoms with Gasteiger partial charge in [-0.1, -0.05) is 32.1 Å². The lowest BCUT2D eigenvalue weighted by atomic mass is 9.74. The van der Waals surface area contributed by atoms with Crippen molar-refractivity contribution in [2.75, 3.05) is 5.73 Å². The Bertz CT molecular complexity index is 461. The van der Waals surface area contributed by atoms with Gasteiger partial charge in [-0.05, 0) is 54.9 Å². The van der Waals surface area contributed by atoms with Crippen molar-refractivity contribution in [1.82, 2.24) is 0 Å². The van der Waals surface area contributed by atoms with Crippen LogP contribution in [0.25, 0.3) is 6.08 Å². The quantitative estimate of drug-likeness (QED) is 0.658. The molecule has 0 saturated heterocycles. The van der Waals surface area contributed by atoms with Crippen LogP contribution < -0.4 is 5.73 Å². The highest BCUT2D eigenvalue weighted by molar-refractivity contribution is 5.95. The molecule has 2 rings (SSSR count). The minimum Gasteiger partial charge on any atom is -0.399 e. The first-order chi connectivity index (χ1) is 9.06. The zero-order valence-electron chi connectivity index (χ0n) is 11.8. The Kier molecular flexibility index (Phi) is 4.41. The number of anilines is 1. The van der Waals surface area contributed by atoms with Gasteiger partial charge in [-0.25, -0.2) is 0 Å². The van der Waals surface area contributed by atoms with Crippen LogP contribution in [-0.2, 0) is 4.79 Å². The summed E-state index contributed by atoms with van der Waals surface area (Å²) in [5.41, 5.74) is 7.41. The Morgan fingerprint density at radius 2 is 1.84 bits per heavy atom. The lowest BCUT2D eigenvalue weighted by Crippen LogP contribution is -2.25. The van der Waals surface area contributed by atoms with Crippen molar-refractivity contribution in [3.8, 4) is 0 Å². The number of allylic oxidation sites excluding steroid dienone is 1. The zero-order valence-corrected chi connectivity index (χ0v) is 11.8. The molecule has 0 aromatic heterocycles. The third-order valence-electron chi connectivity index (χ3n) is 4.38. The number of nitrogen functional groups attached to an aromatic ring is 1. The normalized spacial score (nSPS) is 27.6. The summed E-state index contributed by atoms with van der Waals surface area (Å²) in [6.45, 7) is 4.55. The first-order valence-corrected chi connectivity index (χ1v) is 7.13. The van der Waals surface area contributed by atoms with E-state index >= 15 is 0 Å². The maximum atomic E-state index is 12.2. The second-order valence-electron chi connectivity index (χ2n) is 5.87. The summed E-state index contributed by atoms with van der Waals surface area (Å²) in [6, 6.07) is 7.58. The molecule has 0 amide bonds. The Balaban J connectivity index is 1.95. The van der Waals surface area contributed by atoms with Crippen molar-refractivity contribution in [3.05, 3.63) is 35.9 Å². The highest BCUT2D eigenvalue weighted by atomic mass is 16.1. The molecule has 2 N–H and O–H groups in total. The maximum absolute atomic E-state index is 12.2. The van der Waals surface area contributed by atoms with Crippen LogP contribution in [0.15, 0.2) is 30.3 Å². The van der Waals surface area contributed by atoms with E-state index in [1.165, 1.54) is 6.42 Å². The van der Waals surface area contributed by atoms with Gasteiger partial charge in [0, 0.05) is 11.6 Å². The monoisotopic (exact) mass is 257 g/mol. The molecule has 1 aromatic rings. The molecule has 0 spiro atoms. The molecule has 1 saturated carbocycles. The van der Waals surface area contributed by atoms with E-state index < -0.39 is 0 Å². The number of ketones is 1. The van der Waals surface area contributed by atoms with Crippen LogP contribution in [0.4, 0.5) is 5.69 Å². The number of nitrogens with two attached hydrogens (primary N) is 1. The van der Waals surface area contributed by atoms with Gasteiger partial charge in [0.1, 0.15) is 0 Å².